The molecule has 7 nitrogen and oxygen atoms in total. The SMILES string of the molecule is CCCC(NS(=O)(=O)CCC(=O)OCC)C(=O)O. The Balaban J connectivity index is 4.36. The first-order chi connectivity index (χ1) is 8.32. The summed E-state index contributed by atoms with van der Waals surface area (Å²) >= 11 is 0. The summed E-state index contributed by atoms with van der Waals surface area (Å²) < 4.78 is 29.7. The van der Waals surface area contributed by atoms with Crippen LogP contribution in [0.2, 0.25) is 0 Å². The van der Waals surface area contributed by atoms with E-state index in [1.807, 2.05) is 0 Å². The van der Waals surface area contributed by atoms with Crippen molar-refractivity contribution in [1.29, 1.82) is 0 Å². The molecule has 1 atom stereocenters. The third kappa shape index (κ3) is 7.23. The molecule has 0 saturated carbocycles. The minimum absolute atomic E-state index is 0.180. The van der Waals surface area contributed by atoms with Gasteiger partial charge in [-0.15, -0.1) is 0 Å². The molecule has 0 heterocycles. The van der Waals surface area contributed by atoms with E-state index in [0.717, 1.165) is 0 Å². The van der Waals surface area contributed by atoms with E-state index in [-0.39, 0.29) is 19.4 Å². The van der Waals surface area contributed by atoms with Crippen LogP contribution in [0.15, 0.2) is 0 Å². The number of carbonyl (C=O) groups is 2. The maximum absolute atomic E-state index is 11.5. The molecular formula is C10H19NO6S. The summed E-state index contributed by atoms with van der Waals surface area (Å²) in [5.74, 6) is -2.32. The number of rotatable bonds is 9. The number of carboxylic acids is 1. The number of sulfonamides is 1. The molecule has 0 spiro atoms. The van der Waals surface area contributed by atoms with Gasteiger partial charge in [0.2, 0.25) is 10.0 Å². The zero-order valence-electron chi connectivity index (χ0n) is 10.5. The Morgan fingerprint density at radius 3 is 2.39 bits per heavy atom. The molecule has 0 aromatic heterocycles. The molecule has 0 aliphatic rings. The van der Waals surface area contributed by atoms with Crippen LogP contribution in [-0.4, -0.2) is 43.9 Å². The van der Waals surface area contributed by atoms with Crippen LogP contribution in [0.4, 0.5) is 0 Å². The lowest BCUT2D eigenvalue weighted by atomic mass is 10.2. The molecule has 1 unspecified atom stereocenters. The van der Waals surface area contributed by atoms with Gasteiger partial charge in [-0.2, -0.15) is 0 Å². The van der Waals surface area contributed by atoms with Crippen LogP contribution < -0.4 is 4.72 Å². The van der Waals surface area contributed by atoms with E-state index in [1.165, 1.54) is 0 Å². The fraction of sp³-hybridized carbons (Fsp3) is 0.800. The zero-order valence-corrected chi connectivity index (χ0v) is 11.3. The van der Waals surface area contributed by atoms with Crippen molar-refractivity contribution in [3.8, 4) is 0 Å². The second-order valence-electron chi connectivity index (χ2n) is 3.67. The second-order valence-corrected chi connectivity index (χ2v) is 5.54. The molecule has 18 heavy (non-hydrogen) atoms. The number of aliphatic carboxylic acids is 1. The van der Waals surface area contributed by atoms with Gasteiger partial charge in [0.15, 0.2) is 0 Å². The lowest BCUT2D eigenvalue weighted by Gasteiger charge is -2.13. The highest BCUT2D eigenvalue weighted by molar-refractivity contribution is 7.89. The molecule has 0 aliphatic carbocycles. The summed E-state index contributed by atoms with van der Waals surface area (Å²) in [6, 6.07) is -1.15. The first kappa shape index (κ1) is 16.9. The Bertz CT molecular complexity index is 378. The van der Waals surface area contributed by atoms with Gasteiger partial charge in [-0.25, -0.2) is 13.1 Å². The summed E-state index contributed by atoms with van der Waals surface area (Å²) in [6.45, 7) is 3.55. The van der Waals surface area contributed by atoms with Crippen molar-refractivity contribution in [2.75, 3.05) is 12.4 Å². The van der Waals surface area contributed by atoms with Crippen LogP contribution in [0, 0.1) is 0 Å². The van der Waals surface area contributed by atoms with Gasteiger partial charge in [0, 0.05) is 0 Å². The number of esters is 1. The molecule has 0 rings (SSSR count). The van der Waals surface area contributed by atoms with Crippen LogP contribution in [0.25, 0.3) is 0 Å². The van der Waals surface area contributed by atoms with E-state index in [9.17, 15) is 18.0 Å². The van der Waals surface area contributed by atoms with Crippen LogP contribution in [0.5, 0.6) is 0 Å². The van der Waals surface area contributed by atoms with Crippen molar-refractivity contribution in [3.63, 3.8) is 0 Å². The van der Waals surface area contributed by atoms with E-state index in [2.05, 4.69) is 9.46 Å². The zero-order chi connectivity index (χ0) is 14.2. The number of hydrogen-bond acceptors (Lipinski definition) is 5. The standard InChI is InChI=1S/C10H19NO6S/c1-3-5-8(10(13)14)11-18(15,16)7-6-9(12)17-4-2/h8,11H,3-7H2,1-2H3,(H,13,14). The van der Waals surface area contributed by atoms with E-state index in [1.54, 1.807) is 13.8 Å². The van der Waals surface area contributed by atoms with Crippen molar-refractivity contribution >= 4 is 22.0 Å². The van der Waals surface area contributed by atoms with Crippen LogP contribution >= 0.6 is 0 Å². The smallest absolute Gasteiger partial charge is 0.321 e. The Labute approximate surface area is 107 Å². The highest BCUT2D eigenvalue weighted by Crippen LogP contribution is 2.01. The monoisotopic (exact) mass is 281 g/mol. The normalized spacial score (nSPS) is 13.0. The number of carboxylic acid groups (broad SMARTS) is 1. The molecule has 0 amide bonds. The average Bonchev–Trinajstić information content (AvgIpc) is 2.26. The summed E-state index contributed by atoms with van der Waals surface area (Å²) in [6.07, 6.45) is 0.451. The van der Waals surface area contributed by atoms with E-state index in [4.69, 9.17) is 5.11 Å². The molecule has 106 valence electrons. The lowest BCUT2D eigenvalue weighted by Crippen LogP contribution is -2.42. The topological polar surface area (TPSA) is 110 Å². The van der Waals surface area contributed by atoms with Crippen molar-refractivity contribution in [2.24, 2.45) is 0 Å². The summed E-state index contributed by atoms with van der Waals surface area (Å²) in [5, 5.41) is 8.81. The Hall–Kier alpha value is -1.15. The first-order valence-corrected chi connectivity index (χ1v) is 7.36. The van der Waals surface area contributed by atoms with E-state index < -0.39 is 33.8 Å². The van der Waals surface area contributed by atoms with Crippen molar-refractivity contribution in [3.05, 3.63) is 0 Å². The quantitative estimate of drug-likeness (QED) is 0.581. The van der Waals surface area contributed by atoms with E-state index in [0.29, 0.717) is 6.42 Å². The first-order valence-electron chi connectivity index (χ1n) is 5.70. The molecule has 0 saturated heterocycles. The largest absolute Gasteiger partial charge is 0.480 e. The maximum atomic E-state index is 11.5. The fourth-order valence-electron chi connectivity index (χ4n) is 1.25. The summed E-state index contributed by atoms with van der Waals surface area (Å²) in [4.78, 5) is 21.8. The number of carbonyl (C=O) groups excluding carboxylic acids is 1. The van der Waals surface area contributed by atoms with Gasteiger partial charge in [0.1, 0.15) is 6.04 Å². The molecule has 0 fully saturated rings. The van der Waals surface area contributed by atoms with Crippen molar-refractivity contribution in [2.45, 2.75) is 39.2 Å². The number of nitrogens with one attached hydrogen (secondary N) is 1. The van der Waals surface area contributed by atoms with Crippen LogP contribution in [0.3, 0.4) is 0 Å². The lowest BCUT2D eigenvalue weighted by molar-refractivity contribution is -0.142. The van der Waals surface area contributed by atoms with Crippen molar-refractivity contribution < 1.29 is 27.9 Å². The Morgan fingerprint density at radius 2 is 1.94 bits per heavy atom. The predicted molar refractivity (Wildman–Crippen MR) is 64.5 cm³/mol. The number of hydrogen-bond donors (Lipinski definition) is 2. The second kappa shape index (κ2) is 8.04. The van der Waals surface area contributed by atoms with Crippen molar-refractivity contribution in [1.82, 2.24) is 4.72 Å². The molecular weight excluding hydrogens is 262 g/mol. The molecule has 8 heteroatoms. The third-order valence-corrected chi connectivity index (χ3v) is 3.46. The van der Waals surface area contributed by atoms with Gasteiger partial charge in [-0.3, -0.25) is 9.59 Å². The van der Waals surface area contributed by atoms with Gasteiger partial charge in [-0.05, 0) is 13.3 Å². The summed E-state index contributed by atoms with van der Waals surface area (Å²) in [7, 11) is -3.79. The minimum atomic E-state index is -3.79. The maximum Gasteiger partial charge on any atom is 0.321 e. The van der Waals surface area contributed by atoms with Gasteiger partial charge >= 0.3 is 11.9 Å². The van der Waals surface area contributed by atoms with Crippen LogP contribution in [0.1, 0.15) is 33.1 Å². The van der Waals surface area contributed by atoms with Gasteiger partial charge in [0.05, 0.1) is 18.8 Å². The Kier molecular flexibility index (Phi) is 7.53. The molecule has 2 N–H and O–H groups in total. The Morgan fingerprint density at radius 1 is 1.33 bits per heavy atom. The van der Waals surface area contributed by atoms with Gasteiger partial charge in [0.25, 0.3) is 0 Å². The minimum Gasteiger partial charge on any atom is -0.480 e. The molecule has 0 bridgehead atoms. The molecule has 0 radical (unpaired) electrons. The fourth-order valence-corrected chi connectivity index (χ4v) is 2.45. The molecule has 0 aromatic carbocycles. The summed E-state index contributed by atoms with van der Waals surface area (Å²) in [5.41, 5.74) is 0. The van der Waals surface area contributed by atoms with Gasteiger partial charge in [-0.1, -0.05) is 13.3 Å². The highest BCUT2D eigenvalue weighted by atomic mass is 32.2. The molecule has 0 aliphatic heterocycles. The van der Waals surface area contributed by atoms with E-state index >= 15 is 0 Å². The highest BCUT2D eigenvalue weighted by Gasteiger charge is 2.23. The predicted octanol–water partition coefficient (Wildman–Crippen LogP) is 0.112. The molecule has 0 aromatic rings. The van der Waals surface area contributed by atoms with Gasteiger partial charge < -0.3 is 9.84 Å². The number of ether oxygens (including phenoxy) is 1. The average molecular weight is 281 g/mol. The third-order valence-electron chi connectivity index (χ3n) is 2.08. The van der Waals surface area contributed by atoms with Crippen LogP contribution in [-0.2, 0) is 24.3 Å².